The van der Waals surface area contributed by atoms with Gasteiger partial charge in [0.1, 0.15) is 0 Å². The molecule has 0 unspecified atom stereocenters. The second kappa shape index (κ2) is 8.67. The van der Waals surface area contributed by atoms with E-state index in [2.05, 4.69) is 19.2 Å². The van der Waals surface area contributed by atoms with Crippen molar-refractivity contribution >= 4 is 23.5 Å². The van der Waals surface area contributed by atoms with E-state index in [-0.39, 0.29) is 18.6 Å². The van der Waals surface area contributed by atoms with Crippen molar-refractivity contribution in [3.63, 3.8) is 0 Å². The second-order valence-corrected chi connectivity index (χ2v) is 6.63. The van der Waals surface area contributed by atoms with E-state index in [9.17, 15) is 9.59 Å². The Morgan fingerprint density at radius 3 is 2.32 bits per heavy atom. The minimum Gasteiger partial charge on any atom is -0.452 e. The van der Waals surface area contributed by atoms with Gasteiger partial charge in [-0.15, -0.1) is 0 Å². The van der Waals surface area contributed by atoms with Gasteiger partial charge in [-0.3, -0.25) is 4.79 Å². The standard InChI is InChI=1S/C20H22ClNO3/c1-13(2)15-7-9-16(10-8-15)20(24)25-12-19(23)22-14(3)17-5-4-6-18(21)11-17/h4-11,13-14H,12H2,1-3H3,(H,22,23)/t14-/m1/s1. The van der Waals surface area contributed by atoms with E-state index >= 15 is 0 Å². The summed E-state index contributed by atoms with van der Waals surface area (Å²) in [6.45, 7) is 5.68. The summed E-state index contributed by atoms with van der Waals surface area (Å²) in [5.74, 6) is -0.482. The van der Waals surface area contributed by atoms with Crippen molar-refractivity contribution in [3.8, 4) is 0 Å². The van der Waals surface area contributed by atoms with Gasteiger partial charge in [0.15, 0.2) is 6.61 Å². The minimum atomic E-state index is -0.513. The molecule has 132 valence electrons. The smallest absolute Gasteiger partial charge is 0.338 e. The highest BCUT2D eigenvalue weighted by molar-refractivity contribution is 6.30. The van der Waals surface area contributed by atoms with Gasteiger partial charge in [-0.2, -0.15) is 0 Å². The maximum atomic E-state index is 12.0. The van der Waals surface area contributed by atoms with Crippen molar-refractivity contribution in [1.82, 2.24) is 5.32 Å². The van der Waals surface area contributed by atoms with Crippen LogP contribution in [0.25, 0.3) is 0 Å². The molecule has 0 fully saturated rings. The van der Waals surface area contributed by atoms with Gasteiger partial charge in [-0.05, 0) is 48.2 Å². The normalized spacial score (nSPS) is 11.9. The van der Waals surface area contributed by atoms with Crippen molar-refractivity contribution in [1.29, 1.82) is 0 Å². The Kier molecular flexibility index (Phi) is 6.59. The number of hydrogen-bond donors (Lipinski definition) is 1. The van der Waals surface area contributed by atoms with E-state index in [0.29, 0.717) is 16.5 Å². The maximum absolute atomic E-state index is 12.0. The first-order valence-corrected chi connectivity index (χ1v) is 8.56. The third-order valence-corrected chi connectivity index (χ3v) is 4.11. The van der Waals surface area contributed by atoms with Crippen molar-refractivity contribution in [2.75, 3.05) is 6.61 Å². The number of halogens is 1. The molecular formula is C20H22ClNO3. The van der Waals surface area contributed by atoms with Gasteiger partial charge in [0.05, 0.1) is 11.6 Å². The summed E-state index contributed by atoms with van der Waals surface area (Å²) in [6.07, 6.45) is 0. The zero-order valence-electron chi connectivity index (χ0n) is 14.6. The molecular weight excluding hydrogens is 338 g/mol. The van der Waals surface area contributed by atoms with Crippen molar-refractivity contribution in [2.45, 2.75) is 32.7 Å². The van der Waals surface area contributed by atoms with Crippen LogP contribution in [0.4, 0.5) is 0 Å². The summed E-state index contributed by atoms with van der Waals surface area (Å²) >= 11 is 5.94. The fourth-order valence-corrected chi connectivity index (χ4v) is 2.56. The van der Waals surface area contributed by atoms with Gasteiger partial charge < -0.3 is 10.1 Å². The first-order chi connectivity index (χ1) is 11.9. The number of carbonyl (C=O) groups excluding carboxylic acids is 2. The summed E-state index contributed by atoms with van der Waals surface area (Å²) in [7, 11) is 0. The average Bonchev–Trinajstić information content (AvgIpc) is 2.59. The van der Waals surface area contributed by atoms with Gasteiger partial charge in [0.25, 0.3) is 5.91 Å². The van der Waals surface area contributed by atoms with Gasteiger partial charge >= 0.3 is 5.97 Å². The average molecular weight is 360 g/mol. The number of carbonyl (C=O) groups is 2. The molecule has 2 rings (SSSR count). The summed E-state index contributed by atoms with van der Waals surface area (Å²) in [5.41, 5.74) is 2.46. The zero-order chi connectivity index (χ0) is 18.4. The van der Waals surface area contributed by atoms with Crippen LogP contribution in [0.2, 0.25) is 5.02 Å². The van der Waals surface area contributed by atoms with Crippen LogP contribution in [0.5, 0.6) is 0 Å². The number of nitrogens with one attached hydrogen (secondary N) is 1. The molecule has 0 saturated carbocycles. The molecule has 0 aliphatic heterocycles. The fraction of sp³-hybridized carbons (Fsp3) is 0.300. The molecule has 0 aliphatic rings. The predicted molar refractivity (Wildman–Crippen MR) is 98.8 cm³/mol. The molecule has 0 aromatic heterocycles. The van der Waals surface area contributed by atoms with E-state index in [4.69, 9.17) is 16.3 Å². The van der Waals surface area contributed by atoms with Crippen LogP contribution in [0, 0.1) is 0 Å². The van der Waals surface area contributed by atoms with Crippen molar-refractivity contribution < 1.29 is 14.3 Å². The maximum Gasteiger partial charge on any atom is 0.338 e. The second-order valence-electron chi connectivity index (χ2n) is 6.20. The van der Waals surface area contributed by atoms with E-state index < -0.39 is 5.97 Å². The lowest BCUT2D eigenvalue weighted by atomic mass is 10.0. The molecule has 0 radical (unpaired) electrons. The predicted octanol–water partition coefficient (Wildman–Crippen LogP) is 4.50. The summed E-state index contributed by atoms with van der Waals surface area (Å²) in [6, 6.07) is 14.2. The highest BCUT2D eigenvalue weighted by Crippen LogP contribution is 2.17. The van der Waals surface area contributed by atoms with Gasteiger partial charge in [0.2, 0.25) is 0 Å². The summed E-state index contributed by atoms with van der Waals surface area (Å²) in [4.78, 5) is 24.0. The van der Waals surface area contributed by atoms with Crippen LogP contribution < -0.4 is 5.32 Å². The molecule has 0 bridgehead atoms. The number of rotatable bonds is 6. The molecule has 2 aromatic carbocycles. The molecule has 25 heavy (non-hydrogen) atoms. The van der Waals surface area contributed by atoms with Crippen molar-refractivity contribution in [3.05, 3.63) is 70.2 Å². The van der Waals surface area contributed by atoms with Crippen LogP contribution in [0.1, 0.15) is 54.2 Å². The zero-order valence-corrected chi connectivity index (χ0v) is 15.3. The van der Waals surface area contributed by atoms with E-state index in [1.165, 1.54) is 0 Å². The Hall–Kier alpha value is -2.33. The molecule has 2 aromatic rings. The molecule has 4 nitrogen and oxygen atoms in total. The minimum absolute atomic E-state index is 0.227. The van der Waals surface area contributed by atoms with Gasteiger partial charge in [0, 0.05) is 5.02 Å². The Labute approximate surface area is 153 Å². The molecule has 5 heteroatoms. The molecule has 0 spiro atoms. The SMILES string of the molecule is CC(C)c1ccc(C(=O)OCC(=O)N[C@H](C)c2cccc(Cl)c2)cc1. The van der Waals surface area contributed by atoms with Crippen LogP contribution in [-0.4, -0.2) is 18.5 Å². The first-order valence-electron chi connectivity index (χ1n) is 8.18. The molecule has 0 aliphatic carbocycles. The van der Waals surface area contributed by atoms with Gasteiger partial charge in [-0.1, -0.05) is 49.7 Å². The Bertz CT molecular complexity index is 741. The first kappa shape index (κ1) is 19.0. The van der Waals surface area contributed by atoms with E-state index in [1.54, 1.807) is 24.3 Å². The van der Waals surface area contributed by atoms with E-state index in [0.717, 1.165) is 11.1 Å². The van der Waals surface area contributed by atoms with Crippen LogP contribution in [-0.2, 0) is 9.53 Å². The number of ether oxygens (including phenoxy) is 1. The molecule has 0 heterocycles. The number of hydrogen-bond acceptors (Lipinski definition) is 3. The van der Waals surface area contributed by atoms with Crippen molar-refractivity contribution in [2.24, 2.45) is 0 Å². The molecule has 1 atom stereocenters. The highest BCUT2D eigenvalue weighted by Gasteiger charge is 2.13. The Morgan fingerprint density at radius 1 is 1.04 bits per heavy atom. The van der Waals surface area contributed by atoms with Gasteiger partial charge in [-0.25, -0.2) is 4.79 Å². The summed E-state index contributed by atoms with van der Waals surface area (Å²) in [5, 5.41) is 3.39. The fourth-order valence-electron chi connectivity index (χ4n) is 2.36. The van der Waals surface area contributed by atoms with Crippen LogP contribution in [0.3, 0.4) is 0 Å². The summed E-state index contributed by atoms with van der Waals surface area (Å²) < 4.78 is 5.07. The Balaban J connectivity index is 1.85. The number of amides is 1. The highest BCUT2D eigenvalue weighted by atomic mass is 35.5. The van der Waals surface area contributed by atoms with Crippen LogP contribution >= 0.6 is 11.6 Å². The lowest BCUT2D eigenvalue weighted by molar-refractivity contribution is -0.124. The lowest BCUT2D eigenvalue weighted by Crippen LogP contribution is -2.31. The number of esters is 1. The van der Waals surface area contributed by atoms with E-state index in [1.807, 2.05) is 31.2 Å². The molecule has 1 amide bonds. The van der Waals surface area contributed by atoms with Crippen LogP contribution in [0.15, 0.2) is 48.5 Å². The number of benzene rings is 2. The molecule has 0 saturated heterocycles. The lowest BCUT2D eigenvalue weighted by Gasteiger charge is -2.14. The quantitative estimate of drug-likeness (QED) is 0.773. The monoisotopic (exact) mass is 359 g/mol. The Morgan fingerprint density at radius 2 is 1.72 bits per heavy atom. The molecule has 1 N–H and O–H groups in total. The topological polar surface area (TPSA) is 55.4 Å². The largest absolute Gasteiger partial charge is 0.452 e. The third kappa shape index (κ3) is 5.61. The third-order valence-electron chi connectivity index (χ3n) is 3.87.